The largest absolute Gasteiger partial charge is 0.412 e. The number of nitrogens with zero attached hydrogens (tertiary/aromatic N) is 3. The smallest absolute Gasteiger partial charge is 0.279 e. The molecule has 0 spiro atoms. The zero-order valence-corrected chi connectivity index (χ0v) is 15.4. The number of aliphatic imine (C=N–C) groups is 1. The molecule has 29 heavy (non-hydrogen) atoms. The van der Waals surface area contributed by atoms with Crippen molar-refractivity contribution in [3.63, 3.8) is 0 Å². The van der Waals surface area contributed by atoms with Crippen LogP contribution in [-0.2, 0) is 0 Å². The molecule has 1 heterocycles. The summed E-state index contributed by atoms with van der Waals surface area (Å²) in [6, 6.07) is 17.2. The molecule has 0 bridgehead atoms. The van der Waals surface area contributed by atoms with Gasteiger partial charge in [-0.1, -0.05) is 18.2 Å². The molecular weight excluding hydrogens is 376 g/mol. The Morgan fingerprint density at radius 1 is 0.966 bits per heavy atom. The van der Waals surface area contributed by atoms with Gasteiger partial charge in [0.15, 0.2) is 0 Å². The number of fused-ring (bicyclic) bond motifs is 1. The van der Waals surface area contributed by atoms with E-state index in [1.165, 1.54) is 41.2 Å². The number of hydrogen-bond donors (Lipinski definition) is 0. The van der Waals surface area contributed by atoms with Crippen molar-refractivity contribution < 1.29 is 14.3 Å². The van der Waals surface area contributed by atoms with Crippen LogP contribution in [0.3, 0.4) is 0 Å². The van der Waals surface area contributed by atoms with Crippen LogP contribution >= 0.6 is 0 Å². The predicted octanol–water partition coefficient (Wildman–Crippen LogP) is 3.55. The Bertz CT molecular complexity index is 1270. The number of hydrogen-bond acceptors (Lipinski definition) is 3. The van der Waals surface area contributed by atoms with Crippen LogP contribution in [0, 0.1) is 11.6 Å². The average molecular weight is 393 g/mol. The van der Waals surface area contributed by atoms with Crippen molar-refractivity contribution in [2.75, 3.05) is 7.05 Å². The fraction of sp³-hybridized carbons (Fsp3) is 0.0455. The predicted molar refractivity (Wildman–Crippen MR) is 110 cm³/mol. The van der Waals surface area contributed by atoms with Gasteiger partial charge in [0.1, 0.15) is 11.6 Å². The molecule has 5 nitrogen and oxygen atoms in total. The lowest BCUT2D eigenvalue weighted by Gasteiger charge is -2.12. The molecule has 7 heteroatoms. The summed E-state index contributed by atoms with van der Waals surface area (Å²) in [4.78, 5) is 16.8. The van der Waals surface area contributed by atoms with Crippen molar-refractivity contribution in [2.45, 2.75) is 0 Å². The van der Waals surface area contributed by atoms with E-state index in [0.29, 0.717) is 33.3 Å². The number of halogens is 2. The molecule has 1 aromatic heterocycles. The number of rotatable bonds is 3. The minimum Gasteiger partial charge on any atom is -0.412 e. The maximum Gasteiger partial charge on any atom is 0.279 e. The Balaban J connectivity index is 0.00000240. The third-order valence-corrected chi connectivity index (χ3v) is 4.41. The number of aromatic nitrogens is 2. The monoisotopic (exact) mass is 393 g/mol. The first-order valence-electron chi connectivity index (χ1n) is 8.58. The lowest BCUT2D eigenvalue weighted by Crippen LogP contribution is -2.22. The van der Waals surface area contributed by atoms with E-state index in [1.807, 2.05) is 6.07 Å². The summed E-state index contributed by atoms with van der Waals surface area (Å²) in [7, 11) is 1.56. The van der Waals surface area contributed by atoms with Gasteiger partial charge in [0.25, 0.3) is 5.56 Å². The topological polar surface area (TPSA) is 78.8 Å². The van der Waals surface area contributed by atoms with E-state index in [9.17, 15) is 13.6 Å². The molecule has 2 N–H and O–H groups in total. The van der Waals surface area contributed by atoms with Crippen molar-refractivity contribution in [2.24, 2.45) is 4.99 Å². The minimum absolute atomic E-state index is 0. The van der Waals surface area contributed by atoms with E-state index in [-0.39, 0.29) is 11.0 Å². The van der Waals surface area contributed by atoms with Gasteiger partial charge in [-0.2, -0.15) is 9.78 Å². The molecule has 0 unspecified atom stereocenters. The molecule has 0 saturated heterocycles. The third kappa shape index (κ3) is 3.68. The summed E-state index contributed by atoms with van der Waals surface area (Å²) in [5.41, 5.74) is 1.61. The van der Waals surface area contributed by atoms with Crippen molar-refractivity contribution in [1.29, 1.82) is 0 Å². The molecule has 0 fully saturated rings. The van der Waals surface area contributed by atoms with Crippen LogP contribution in [0.15, 0.2) is 76.5 Å². The molecule has 0 aliphatic rings. The second-order valence-corrected chi connectivity index (χ2v) is 6.21. The van der Waals surface area contributed by atoms with Crippen molar-refractivity contribution in [1.82, 2.24) is 9.78 Å². The Kier molecular flexibility index (Phi) is 5.61. The lowest BCUT2D eigenvalue weighted by molar-refractivity contribution is 0.626. The van der Waals surface area contributed by atoms with E-state index in [1.54, 1.807) is 37.4 Å². The SMILES string of the molecule is CN=Cc1cc(-c2nn(-c3ccc(F)cc3)c(=O)c3ccccc23)ccc1F.O. The van der Waals surface area contributed by atoms with Gasteiger partial charge in [-0.3, -0.25) is 9.79 Å². The molecule has 0 radical (unpaired) electrons. The van der Waals surface area contributed by atoms with Crippen LogP contribution in [0.1, 0.15) is 5.56 Å². The Morgan fingerprint density at radius 2 is 1.66 bits per heavy atom. The summed E-state index contributed by atoms with van der Waals surface area (Å²) in [5, 5.41) is 5.63. The summed E-state index contributed by atoms with van der Waals surface area (Å²) in [5.74, 6) is -0.801. The van der Waals surface area contributed by atoms with E-state index in [4.69, 9.17) is 0 Å². The van der Waals surface area contributed by atoms with Gasteiger partial charge in [-0.25, -0.2) is 8.78 Å². The highest BCUT2D eigenvalue weighted by Crippen LogP contribution is 2.26. The van der Waals surface area contributed by atoms with Crippen LogP contribution in [0.25, 0.3) is 27.7 Å². The maximum atomic E-state index is 14.0. The highest BCUT2D eigenvalue weighted by molar-refractivity contribution is 5.95. The molecule has 0 amide bonds. The lowest BCUT2D eigenvalue weighted by atomic mass is 10.0. The number of benzene rings is 3. The minimum atomic E-state index is -0.403. The van der Waals surface area contributed by atoms with Gasteiger partial charge in [-0.05, 0) is 48.5 Å². The average Bonchev–Trinajstić information content (AvgIpc) is 2.71. The summed E-state index contributed by atoms with van der Waals surface area (Å²) < 4.78 is 28.6. The first-order valence-corrected chi connectivity index (χ1v) is 8.58. The maximum absolute atomic E-state index is 14.0. The van der Waals surface area contributed by atoms with Gasteiger partial charge in [0.2, 0.25) is 0 Å². The highest BCUT2D eigenvalue weighted by Gasteiger charge is 2.14. The standard InChI is InChI=1S/C22H15F2N3O.H2O/c1-25-13-15-12-14(6-11-20(15)24)21-18-4-2-3-5-19(18)22(28)27(26-21)17-9-7-16(23)8-10-17;/h2-13H,1H3;1H2. The molecule has 0 aliphatic heterocycles. The molecule has 4 rings (SSSR count). The van der Waals surface area contributed by atoms with Crippen LogP contribution in [0.4, 0.5) is 8.78 Å². The zero-order valence-electron chi connectivity index (χ0n) is 15.4. The van der Waals surface area contributed by atoms with Gasteiger partial charge in [0, 0.05) is 29.8 Å². The van der Waals surface area contributed by atoms with E-state index in [2.05, 4.69) is 10.1 Å². The Hall–Kier alpha value is -3.71. The quantitative estimate of drug-likeness (QED) is 0.499. The van der Waals surface area contributed by atoms with Gasteiger partial charge in [0.05, 0.1) is 16.8 Å². The highest BCUT2D eigenvalue weighted by atomic mass is 19.1. The van der Waals surface area contributed by atoms with E-state index in [0.717, 1.165) is 0 Å². The molecule has 146 valence electrons. The van der Waals surface area contributed by atoms with Gasteiger partial charge in [-0.15, -0.1) is 0 Å². The van der Waals surface area contributed by atoms with Crippen LogP contribution in [-0.4, -0.2) is 28.5 Å². The van der Waals surface area contributed by atoms with E-state index < -0.39 is 11.6 Å². The third-order valence-electron chi connectivity index (χ3n) is 4.41. The summed E-state index contributed by atoms with van der Waals surface area (Å²) in [6.07, 6.45) is 1.43. The van der Waals surface area contributed by atoms with Crippen LogP contribution < -0.4 is 5.56 Å². The molecule has 0 saturated carbocycles. The molecule has 4 aromatic rings. The van der Waals surface area contributed by atoms with Gasteiger partial charge < -0.3 is 5.48 Å². The second-order valence-electron chi connectivity index (χ2n) is 6.21. The van der Waals surface area contributed by atoms with Crippen molar-refractivity contribution in [3.8, 4) is 16.9 Å². The van der Waals surface area contributed by atoms with Crippen LogP contribution in [0.5, 0.6) is 0 Å². The molecule has 0 aliphatic carbocycles. The fourth-order valence-electron chi connectivity index (χ4n) is 3.09. The van der Waals surface area contributed by atoms with E-state index >= 15 is 0 Å². The van der Waals surface area contributed by atoms with Crippen LogP contribution in [0.2, 0.25) is 0 Å². The first-order chi connectivity index (χ1) is 13.6. The molecular formula is C22H17F2N3O2. The molecule has 3 aromatic carbocycles. The van der Waals surface area contributed by atoms with Crippen molar-refractivity contribution in [3.05, 3.63) is 94.3 Å². The zero-order chi connectivity index (χ0) is 19.7. The first kappa shape index (κ1) is 20.0. The Labute approximate surface area is 164 Å². The second kappa shape index (κ2) is 8.12. The molecule has 0 atom stereocenters. The summed E-state index contributed by atoms with van der Waals surface area (Å²) in [6.45, 7) is 0. The Morgan fingerprint density at radius 3 is 2.34 bits per heavy atom. The fourth-order valence-corrected chi connectivity index (χ4v) is 3.09. The van der Waals surface area contributed by atoms with Crippen molar-refractivity contribution >= 4 is 17.0 Å². The normalized spacial score (nSPS) is 11.0. The summed E-state index contributed by atoms with van der Waals surface area (Å²) >= 11 is 0. The van der Waals surface area contributed by atoms with Gasteiger partial charge >= 0.3 is 0 Å².